The summed E-state index contributed by atoms with van der Waals surface area (Å²) in [7, 11) is 0. The first-order valence-corrected chi connectivity index (χ1v) is 9.23. The van der Waals surface area contributed by atoms with Gasteiger partial charge in [-0.2, -0.15) is 0 Å². The molecule has 2 aromatic carbocycles. The van der Waals surface area contributed by atoms with Crippen molar-refractivity contribution in [2.45, 2.75) is 32.2 Å². The third kappa shape index (κ3) is 3.72. The number of rotatable bonds is 6. The quantitative estimate of drug-likeness (QED) is 0.621. The van der Waals surface area contributed by atoms with Gasteiger partial charge in [0.25, 0.3) is 5.91 Å². The van der Waals surface area contributed by atoms with Crippen LogP contribution in [0.2, 0.25) is 0 Å². The Morgan fingerprint density at radius 1 is 1.14 bits per heavy atom. The van der Waals surface area contributed by atoms with Crippen molar-refractivity contribution < 1.29 is 19.1 Å². The molecule has 28 heavy (non-hydrogen) atoms. The SMILES string of the molecule is C#CCOc1c(C)cccc1C(=O)NC1(C(=O)OCC)Cc2ccccc2C1. The molecule has 0 heterocycles. The molecule has 1 aliphatic carbocycles. The van der Waals surface area contributed by atoms with E-state index in [0.29, 0.717) is 24.2 Å². The number of fused-ring (bicyclic) bond motifs is 1. The second-order valence-electron chi connectivity index (χ2n) is 6.82. The summed E-state index contributed by atoms with van der Waals surface area (Å²) in [5.74, 6) is 2.01. The van der Waals surface area contributed by atoms with E-state index >= 15 is 0 Å². The van der Waals surface area contributed by atoms with Gasteiger partial charge in [-0.1, -0.05) is 42.3 Å². The number of benzene rings is 2. The number of amides is 1. The minimum atomic E-state index is -1.14. The summed E-state index contributed by atoms with van der Waals surface area (Å²) in [6.07, 6.45) is 6.07. The zero-order valence-corrected chi connectivity index (χ0v) is 16.1. The number of carbonyl (C=O) groups is 2. The summed E-state index contributed by atoms with van der Waals surface area (Å²) in [6.45, 7) is 3.89. The highest BCUT2D eigenvalue weighted by Gasteiger charge is 2.46. The molecule has 0 fully saturated rings. The van der Waals surface area contributed by atoms with E-state index in [1.54, 1.807) is 19.1 Å². The normalized spacial score (nSPS) is 13.9. The predicted molar refractivity (Wildman–Crippen MR) is 106 cm³/mol. The molecular formula is C23H23NO4. The lowest BCUT2D eigenvalue weighted by molar-refractivity contribution is -0.150. The Hall–Kier alpha value is -3.26. The van der Waals surface area contributed by atoms with Gasteiger partial charge in [0.15, 0.2) is 0 Å². The molecule has 3 rings (SSSR count). The van der Waals surface area contributed by atoms with E-state index in [2.05, 4.69) is 11.2 Å². The molecule has 0 radical (unpaired) electrons. The van der Waals surface area contributed by atoms with Crippen LogP contribution in [0.25, 0.3) is 0 Å². The van der Waals surface area contributed by atoms with Crippen LogP contribution in [0.3, 0.4) is 0 Å². The number of nitrogens with one attached hydrogen (secondary N) is 1. The van der Waals surface area contributed by atoms with Crippen molar-refractivity contribution in [1.29, 1.82) is 0 Å². The number of hydrogen-bond donors (Lipinski definition) is 1. The van der Waals surface area contributed by atoms with E-state index < -0.39 is 17.4 Å². The number of hydrogen-bond acceptors (Lipinski definition) is 4. The van der Waals surface area contributed by atoms with E-state index in [1.165, 1.54) is 0 Å². The molecule has 0 saturated heterocycles. The molecule has 0 aromatic heterocycles. The second-order valence-corrected chi connectivity index (χ2v) is 6.82. The van der Waals surface area contributed by atoms with Crippen LogP contribution >= 0.6 is 0 Å². The monoisotopic (exact) mass is 377 g/mol. The Kier molecular flexibility index (Phi) is 5.70. The Balaban J connectivity index is 1.93. The number of terminal acetylenes is 1. The maximum atomic E-state index is 13.2. The smallest absolute Gasteiger partial charge is 0.332 e. The average molecular weight is 377 g/mol. The topological polar surface area (TPSA) is 64.6 Å². The Labute approximate surface area is 165 Å². The van der Waals surface area contributed by atoms with Gasteiger partial charge in [0.2, 0.25) is 0 Å². The highest BCUT2D eigenvalue weighted by Crippen LogP contribution is 2.32. The van der Waals surface area contributed by atoms with Crippen LogP contribution in [-0.2, 0) is 22.4 Å². The summed E-state index contributed by atoms with van der Waals surface area (Å²) in [5, 5.41) is 2.94. The van der Waals surface area contributed by atoms with Gasteiger partial charge in [-0.15, -0.1) is 6.42 Å². The highest BCUT2D eigenvalue weighted by atomic mass is 16.5. The van der Waals surface area contributed by atoms with Gasteiger partial charge < -0.3 is 14.8 Å². The van der Waals surface area contributed by atoms with Crippen LogP contribution in [0.5, 0.6) is 5.75 Å². The van der Waals surface area contributed by atoms with Crippen LogP contribution in [-0.4, -0.2) is 30.6 Å². The van der Waals surface area contributed by atoms with Gasteiger partial charge in [0, 0.05) is 12.8 Å². The predicted octanol–water partition coefficient (Wildman–Crippen LogP) is 2.84. The van der Waals surface area contributed by atoms with E-state index in [-0.39, 0.29) is 13.2 Å². The molecule has 0 saturated carbocycles. The van der Waals surface area contributed by atoms with Gasteiger partial charge >= 0.3 is 5.97 Å². The first-order chi connectivity index (χ1) is 13.5. The lowest BCUT2D eigenvalue weighted by Crippen LogP contribution is -2.56. The third-order valence-corrected chi connectivity index (χ3v) is 4.88. The number of carbonyl (C=O) groups excluding carboxylic acids is 2. The number of esters is 1. The summed E-state index contributed by atoms with van der Waals surface area (Å²) in [5.41, 5.74) is 2.06. The molecule has 5 nitrogen and oxygen atoms in total. The number of ether oxygens (including phenoxy) is 2. The van der Waals surface area contributed by atoms with Crippen molar-refractivity contribution >= 4 is 11.9 Å². The van der Waals surface area contributed by atoms with Gasteiger partial charge in [-0.25, -0.2) is 4.79 Å². The first-order valence-electron chi connectivity index (χ1n) is 9.23. The van der Waals surface area contributed by atoms with Crippen molar-refractivity contribution in [2.75, 3.05) is 13.2 Å². The Morgan fingerprint density at radius 3 is 2.43 bits per heavy atom. The lowest BCUT2D eigenvalue weighted by atomic mass is 9.94. The molecule has 1 aliphatic rings. The molecule has 1 N–H and O–H groups in total. The van der Waals surface area contributed by atoms with E-state index in [1.807, 2.05) is 37.3 Å². The fraction of sp³-hybridized carbons (Fsp3) is 0.304. The zero-order valence-electron chi connectivity index (χ0n) is 16.1. The molecule has 5 heteroatoms. The van der Waals surface area contributed by atoms with Gasteiger partial charge in [0.1, 0.15) is 17.9 Å². The fourth-order valence-electron chi connectivity index (χ4n) is 3.59. The average Bonchev–Trinajstić information content (AvgIpc) is 3.06. The number of para-hydroxylation sites is 1. The van der Waals surface area contributed by atoms with Gasteiger partial charge in [-0.3, -0.25) is 4.79 Å². The minimum absolute atomic E-state index is 0.0552. The van der Waals surface area contributed by atoms with Crippen molar-refractivity contribution in [2.24, 2.45) is 0 Å². The van der Waals surface area contributed by atoms with Gasteiger partial charge in [-0.05, 0) is 36.6 Å². The molecule has 0 unspecified atom stereocenters. The van der Waals surface area contributed by atoms with Crippen LogP contribution in [0, 0.1) is 19.3 Å². The molecule has 2 aromatic rings. The highest BCUT2D eigenvalue weighted by molar-refractivity contribution is 6.01. The Bertz CT molecular complexity index is 917. The molecule has 144 valence electrons. The molecule has 0 bridgehead atoms. The van der Waals surface area contributed by atoms with Crippen molar-refractivity contribution in [3.05, 3.63) is 64.7 Å². The third-order valence-electron chi connectivity index (χ3n) is 4.88. The second kappa shape index (κ2) is 8.18. The molecule has 0 atom stereocenters. The van der Waals surface area contributed by atoms with Crippen LogP contribution in [0.15, 0.2) is 42.5 Å². The minimum Gasteiger partial charge on any atom is -0.480 e. The van der Waals surface area contributed by atoms with Crippen molar-refractivity contribution in [3.63, 3.8) is 0 Å². The van der Waals surface area contributed by atoms with E-state index in [9.17, 15) is 9.59 Å². The van der Waals surface area contributed by atoms with E-state index in [0.717, 1.165) is 16.7 Å². The fourth-order valence-corrected chi connectivity index (χ4v) is 3.59. The Morgan fingerprint density at radius 2 is 1.82 bits per heavy atom. The maximum Gasteiger partial charge on any atom is 0.332 e. The van der Waals surface area contributed by atoms with Crippen LogP contribution < -0.4 is 10.1 Å². The van der Waals surface area contributed by atoms with Crippen LogP contribution in [0.1, 0.15) is 34.0 Å². The summed E-state index contributed by atoms with van der Waals surface area (Å²) < 4.78 is 10.9. The first kappa shape index (κ1) is 19.5. The molecule has 1 amide bonds. The standard InChI is InChI=1S/C23H23NO4/c1-4-13-28-20-16(3)9-8-12-19(20)21(25)24-23(22(26)27-5-2)14-17-10-6-7-11-18(17)15-23/h1,6-12H,5,13-15H2,2-3H3,(H,24,25). The van der Waals surface area contributed by atoms with E-state index in [4.69, 9.17) is 15.9 Å². The van der Waals surface area contributed by atoms with Crippen molar-refractivity contribution in [3.8, 4) is 18.1 Å². The summed E-state index contributed by atoms with van der Waals surface area (Å²) >= 11 is 0. The summed E-state index contributed by atoms with van der Waals surface area (Å²) in [6, 6.07) is 13.1. The molecular weight excluding hydrogens is 354 g/mol. The zero-order chi connectivity index (χ0) is 20.1. The maximum absolute atomic E-state index is 13.2. The largest absolute Gasteiger partial charge is 0.480 e. The molecule has 0 spiro atoms. The molecule has 0 aliphatic heterocycles. The van der Waals surface area contributed by atoms with Crippen molar-refractivity contribution in [1.82, 2.24) is 5.32 Å². The van der Waals surface area contributed by atoms with Crippen LogP contribution in [0.4, 0.5) is 0 Å². The van der Waals surface area contributed by atoms with Gasteiger partial charge in [0.05, 0.1) is 12.2 Å². The lowest BCUT2D eigenvalue weighted by Gasteiger charge is -2.28. The summed E-state index contributed by atoms with van der Waals surface area (Å²) in [4.78, 5) is 26.0. The number of aryl methyl sites for hydroxylation is 1.